The van der Waals surface area contributed by atoms with Crippen LogP contribution in [0.15, 0.2) is 41.1 Å². The van der Waals surface area contributed by atoms with Crippen molar-refractivity contribution < 1.29 is 18.1 Å². The van der Waals surface area contributed by atoms with Crippen molar-refractivity contribution in [3.63, 3.8) is 0 Å². The summed E-state index contributed by atoms with van der Waals surface area (Å²) in [6.07, 6.45) is 0.840. The second-order valence-electron chi connectivity index (χ2n) is 8.26. The molecule has 0 aliphatic heterocycles. The van der Waals surface area contributed by atoms with Gasteiger partial charge in [-0.3, -0.25) is 9.48 Å². The van der Waals surface area contributed by atoms with Crippen molar-refractivity contribution in [1.29, 1.82) is 5.26 Å². The Kier molecular flexibility index (Phi) is 6.13. The normalized spacial score (nSPS) is 12.7. The zero-order chi connectivity index (χ0) is 25.3. The average Bonchev–Trinajstić information content (AvgIpc) is 3.42. The largest absolute Gasteiger partial charge is 0.354 e. The molecule has 4 aromatic heterocycles. The molecule has 1 atom stereocenters. The number of nitrogens with one attached hydrogen (secondary N) is 1. The highest BCUT2D eigenvalue weighted by Crippen LogP contribution is 2.35. The van der Waals surface area contributed by atoms with Gasteiger partial charge in [-0.05, 0) is 32.9 Å². The molecule has 35 heavy (non-hydrogen) atoms. The summed E-state index contributed by atoms with van der Waals surface area (Å²) in [7, 11) is 1.82. The van der Waals surface area contributed by atoms with E-state index in [0.717, 1.165) is 23.1 Å². The first-order valence-electron chi connectivity index (χ1n) is 10.6. The molecule has 0 aliphatic carbocycles. The summed E-state index contributed by atoms with van der Waals surface area (Å²) >= 11 is 0. The van der Waals surface area contributed by atoms with E-state index in [9.17, 15) is 18.8 Å². The molecule has 0 radical (unpaired) electrons. The lowest BCUT2D eigenvalue weighted by Gasteiger charge is -2.30. The third-order valence-corrected chi connectivity index (χ3v) is 5.88. The fourth-order valence-corrected chi connectivity index (χ4v) is 4.12. The molecule has 0 saturated heterocycles. The second-order valence-corrected chi connectivity index (χ2v) is 8.26. The Morgan fingerprint density at radius 2 is 2.06 bits per heavy atom. The van der Waals surface area contributed by atoms with E-state index in [1.54, 1.807) is 22.9 Å². The Bertz CT molecular complexity index is 1470. The summed E-state index contributed by atoms with van der Waals surface area (Å²) in [6.45, 7) is 5.77. The molecule has 0 bridgehead atoms. The maximum atomic E-state index is 14.0. The molecule has 9 nitrogen and oxygen atoms in total. The Balaban J connectivity index is 1.65. The van der Waals surface area contributed by atoms with Crippen molar-refractivity contribution in [1.82, 2.24) is 30.2 Å². The monoisotopic (exact) mass is 477 g/mol. The zero-order valence-electron chi connectivity index (χ0n) is 19.4. The first-order valence-corrected chi connectivity index (χ1v) is 10.6. The van der Waals surface area contributed by atoms with Crippen LogP contribution in [0, 0.1) is 36.8 Å². The Morgan fingerprint density at radius 1 is 1.29 bits per heavy atom. The van der Waals surface area contributed by atoms with Crippen LogP contribution in [-0.2, 0) is 12.5 Å². The van der Waals surface area contributed by atoms with Crippen molar-refractivity contribution in [2.45, 2.75) is 26.2 Å². The van der Waals surface area contributed by atoms with Crippen LogP contribution in [0.1, 0.15) is 45.8 Å². The molecular formula is C24H21F2N7O2. The van der Waals surface area contributed by atoms with Crippen molar-refractivity contribution in [3.05, 3.63) is 82.2 Å². The van der Waals surface area contributed by atoms with E-state index in [1.807, 2.05) is 33.9 Å². The van der Waals surface area contributed by atoms with Crippen LogP contribution in [-0.4, -0.2) is 37.4 Å². The first-order chi connectivity index (χ1) is 16.6. The lowest BCUT2D eigenvalue weighted by molar-refractivity contribution is 0.0938. The summed E-state index contributed by atoms with van der Waals surface area (Å²) < 4.78 is 34.0. The smallest absolute Gasteiger partial charge is 0.273 e. The van der Waals surface area contributed by atoms with Gasteiger partial charge in [0.2, 0.25) is 0 Å². The van der Waals surface area contributed by atoms with Crippen LogP contribution >= 0.6 is 0 Å². The summed E-state index contributed by atoms with van der Waals surface area (Å²) in [5.41, 5.74) is 2.11. The highest BCUT2D eigenvalue weighted by atomic mass is 19.1. The van der Waals surface area contributed by atoms with E-state index >= 15 is 0 Å². The predicted molar refractivity (Wildman–Crippen MR) is 120 cm³/mol. The number of aromatic nitrogens is 5. The van der Waals surface area contributed by atoms with Gasteiger partial charge in [0.05, 0.1) is 23.0 Å². The summed E-state index contributed by atoms with van der Waals surface area (Å²) in [5, 5.41) is 20.4. The zero-order valence-corrected chi connectivity index (χ0v) is 19.4. The summed E-state index contributed by atoms with van der Waals surface area (Å²) in [4.78, 5) is 21.1. The van der Waals surface area contributed by atoms with Gasteiger partial charge in [-0.15, -0.1) is 0 Å². The lowest BCUT2D eigenvalue weighted by Crippen LogP contribution is -2.41. The number of pyridine rings is 2. The number of carbonyl (C=O) groups is 1. The van der Waals surface area contributed by atoms with E-state index in [-0.39, 0.29) is 29.4 Å². The molecule has 1 amide bonds. The van der Waals surface area contributed by atoms with Gasteiger partial charge in [-0.1, -0.05) is 11.2 Å². The number of amides is 1. The van der Waals surface area contributed by atoms with Gasteiger partial charge in [0.25, 0.3) is 5.91 Å². The second kappa shape index (κ2) is 9.06. The Labute approximate surface area is 199 Å². The fraction of sp³-hybridized carbons (Fsp3) is 0.250. The van der Waals surface area contributed by atoms with Crippen LogP contribution in [0.3, 0.4) is 0 Å². The number of halogens is 2. The molecule has 0 spiro atoms. The van der Waals surface area contributed by atoms with Gasteiger partial charge in [0.15, 0.2) is 17.3 Å². The number of hydrogen-bond acceptors (Lipinski definition) is 7. The Morgan fingerprint density at radius 3 is 2.71 bits per heavy atom. The number of nitriles is 1. The highest BCUT2D eigenvalue weighted by Gasteiger charge is 2.36. The molecule has 4 rings (SSSR count). The van der Waals surface area contributed by atoms with Gasteiger partial charge in [-0.2, -0.15) is 10.4 Å². The molecule has 4 aromatic rings. The van der Waals surface area contributed by atoms with E-state index in [2.05, 4.69) is 25.5 Å². The molecular weight excluding hydrogens is 456 g/mol. The molecule has 0 fully saturated rings. The molecule has 178 valence electrons. The van der Waals surface area contributed by atoms with Crippen molar-refractivity contribution in [2.24, 2.45) is 7.05 Å². The minimum atomic E-state index is -0.938. The molecule has 1 unspecified atom stereocenters. The van der Waals surface area contributed by atoms with Crippen LogP contribution in [0.4, 0.5) is 8.78 Å². The van der Waals surface area contributed by atoms with E-state index in [4.69, 9.17) is 4.52 Å². The van der Waals surface area contributed by atoms with Gasteiger partial charge in [-0.25, -0.2) is 18.7 Å². The predicted octanol–water partition coefficient (Wildman–Crippen LogP) is 3.37. The van der Waals surface area contributed by atoms with Crippen LogP contribution in [0.2, 0.25) is 0 Å². The molecule has 4 heterocycles. The van der Waals surface area contributed by atoms with Gasteiger partial charge >= 0.3 is 0 Å². The maximum absolute atomic E-state index is 14.0. The standard InChI is InChI=1S/C24H21F2N7O2/c1-13-21(14(2)33(4)31-13)24(3,20-7-5-6-16(10-27)30-20)12-29-23(34)18-9-19(35-32-18)22-17(26)8-15(25)11-28-22/h5-9,11H,12H2,1-4H3,(H,29,34). The number of aryl methyl sites for hydroxylation is 2. The van der Waals surface area contributed by atoms with Crippen molar-refractivity contribution in [3.8, 4) is 17.5 Å². The minimum absolute atomic E-state index is 0.0897. The molecule has 1 N–H and O–H groups in total. The molecule has 11 heteroatoms. The SMILES string of the molecule is Cc1nn(C)c(C)c1C(C)(CNC(=O)c1cc(-c2ncc(F)cc2F)on1)c1cccc(C#N)n1. The summed E-state index contributed by atoms with van der Waals surface area (Å²) in [5.74, 6) is -2.47. The fourth-order valence-electron chi connectivity index (χ4n) is 4.12. The van der Waals surface area contributed by atoms with Crippen LogP contribution in [0.25, 0.3) is 11.5 Å². The topological polar surface area (TPSA) is 123 Å². The van der Waals surface area contributed by atoms with E-state index in [1.165, 1.54) is 6.07 Å². The van der Waals surface area contributed by atoms with Crippen molar-refractivity contribution >= 4 is 5.91 Å². The van der Waals surface area contributed by atoms with E-state index in [0.29, 0.717) is 11.8 Å². The van der Waals surface area contributed by atoms with Gasteiger partial charge in [0.1, 0.15) is 23.3 Å². The molecule has 0 saturated carbocycles. The molecule has 0 aliphatic rings. The number of nitrogens with zero attached hydrogens (tertiary/aromatic N) is 6. The van der Waals surface area contributed by atoms with Gasteiger partial charge < -0.3 is 9.84 Å². The van der Waals surface area contributed by atoms with Crippen molar-refractivity contribution in [2.75, 3.05) is 6.54 Å². The quantitative estimate of drug-likeness (QED) is 0.452. The Hall–Kier alpha value is -4.46. The number of carbonyl (C=O) groups excluding carboxylic acids is 1. The van der Waals surface area contributed by atoms with Crippen LogP contribution < -0.4 is 5.32 Å². The third-order valence-electron chi connectivity index (χ3n) is 5.88. The third kappa shape index (κ3) is 4.38. The van der Waals surface area contributed by atoms with Crippen LogP contribution in [0.5, 0.6) is 0 Å². The number of hydrogen-bond donors (Lipinski definition) is 1. The highest BCUT2D eigenvalue weighted by molar-refractivity contribution is 5.93. The minimum Gasteiger partial charge on any atom is -0.354 e. The number of rotatable bonds is 6. The lowest BCUT2D eigenvalue weighted by atomic mass is 9.77. The summed E-state index contributed by atoms with van der Waals surface area (Å²) in [6, 6.07) is 9.05. The molecule has 0 aromatic carbocycles. The average molecular weight is 477 g/mol. The van der Waals surface area contributed by atoms with Gasteiger partial charge in [0, 0.05) is 37.0 Å². The first kappa shape index (κ1) is 23.7. The maximum Gasteiger partial charge on any atom is 0.273 e. The van der Waals surface area contributed by atoms with E-state index < -0.39 is 23.0 Å².